The van der Waals surface area contributed by atoms with Crippen LogP contribution in [0.25, 0.3) is 0 Å². The summed E-state index contributed by atoms with van der Waals surface area (Å²) in [5.74, 6) is -1.26. The standard InChI is InChI=1S/C16H23FN2O3/c1-2-3-4-11-19(16(22)18-10-9-15(20)21)12-13-5-7-14(17)8-6-13/h5-8H,2-4,9-12H2,1H3,(H,18,22)(H,20,21). The first-order valence-electron chi connectivity index (χ1n) is 7.52. The molecule has 22 heavy (non-hydrogen) atoms. The molecule has 0 radical (unpaired) electrons. The van der Waals surface area contributed by atoms with E-state index in [0.29, 0.717) is 13.1 Å². The van der Waals surface area contributed by atoms with E-state index in [9.17, 15) is 14.0 Å². The van der Waals surface area contributed by atoms with E-state index in [-0.39, 0.29) is 24.8 Å². The maximum atomic E-state index is 12.9. The van der Waals surface area contributed by atoms with E-state index in [1.165, 1.54) is 12.1 Å². The van der Waals surface area contributed by atoms with E-state index < -0.39 is 5.97 Å². The van der Waals surface area contributed by atoms with Crippen molar-refractivity contribution >= 4 is 12.0 Å². The average Bonchev–Trinajstić information content (AvgIpc) is 2.48. The number of halogens is 1. The highest BCUT2D eigenvalue weighted by atomic mass is 19.1. The second kappa shape index (κ2) is 9.76. The van der Waals surface area contributed by atoms with Crippen molar-refractivity contribution in [1.29, 1.82) is 0 Å². The van der Waals surface area contributed by atoms with Crippen molar-refractivity contribution in [3.63, 3.8) is 0 Å². The van der Waals surface area contributed by atoms with Gasteiger partial charge in [0.25, 0.3) is 0 Å². The fraction of sp³-hybridized carbons (Fsp3) is 0.500. The highest BCUT2D eigenvalue weighted by Gasteiger charge is 2.13. The number of carboxylic acids is 1. The molecule has 0 atom stereocenters. The number of amides is 2. The Bertz CT molecular complexity index is 477. The number of hydrogen-bond acceptors (Lipinski definition) is 2. The summed E-state index contributed by atoms with van der Waals surface area (Å²) in [6, 6.07) is 5.73. The normalized spacial score (nSPS) is 10.3. The molecule has 0 aliphatic carbocycles. The first-order chi connectivity index (χ1) is 10.5. The summed E-state index contributed by atoms with van der Waals surface area (Å²) in [5.41, 5.74) is 0.839. The van der Waals surface area contributed by atoms with E-state index >= 15 is 0 Å². The zero-order valence-electron chi connectivity index (χ0n) is 12.8. The van der Waals surface area contributed by atoms with Crippen LogP contribution < -0.4 is 5.32 Å². The predicted octanol–water partition coefficient (Wildman–Crippen LogP) is 3.00. The summed E-state index contributed by atoms with van der Waals surface area (Å²) in [5, 5.41) is 11.2. The Morgan fingerprint density at radius 3 is 2.50 bits per heavy atom. The fourth-order valence-corrected chi connectivity index (χ4v) is 2.00. The topological polar surface area (TPSA) is 69.6 Å². The van der Waals surface area contributed by atoms with E-state index in [2.05, 4.69) is 12.2 Å². The quantitative estimate of drug-likeness (QED) is 0.689. The van der Waals surface area contributed by atoms with Gasteiger partial charge in [0.15, 0.2) is 0 Å². The SMILES string of the molecule is CCCCCN(Cc1ccc(F)cc1)C(=O)NCCC(=O)O. The second-order valence-corrected chi connectivity index (χ2v) is 5.13. The van der Waals surface area contributed by atoms with Gasteiger partial charge in [0.2, 0.25) is 0 Å². The average molecular weight is 310 g/mol. The molecule has 122 valence electrons. The minimum absolute atomic E-state index is 0.0991. The van der Waals surface area contributed by atoms with Crippen molar-refractivity contribution < 1.29 is 19.1 Å². The number of hydrogen-bond donors (Lipinski definition) is 2. The molecule has 1 aromatic rings. The third-order valence-electron chi connectivity index (χ3n) is 3.22. The smallest absolute Gasteiger partial charge is 0.317 e. The van der Waals surface area contributed by atoms with Crippen molar-refractivity contribution in [1.82, 2.24) is 10.2 Å². The molecule has 0 saturated carbocycles. The number of aliphatic carboxylic acids is 1. The van der Waals surface area contributed by atoms with Crippen LogP contribution in [0.2, 0.25) is 0 Å². The minimum Gasteiger partial charge on any atom is -0.481 e. The Hall–Kier alpha value is -2.11. The van der Waals surface area contributed by atoms with Gasteiger partial charge in [-0.25, -0.2) is 9.18 Å². The predicted molar refractivity (Wildman–Crippen MR) is 82.0 cm³/mol. The molecule has 0 aliphatic heterocycles. The lowest BCUT2D eigenvalue weighted by molar-refractivity contribution is -0.136. The number of carbonyl (C=O) groups is 2. The van der Waals surface area contributed by atoms with Gasteiger partial charge in [0.05, 0.1) is 6.42 Å². The van der Waals surface area contributed by atoms with Crippen LogP contribution >= 0.6 is 0 Å². The van der Waals surface area contributed by atoms with Crippen LogP contribution in [0.1, 0.15) is 38.2 Å². The zero-order chi connectivity index (χ0) is 16.4. The van der Waals surface area contributed by atoms with Gasteiger partial charge in [0.1, 0.15) is 5.82 Å². The largest absolute Gasteiger partial charge is 0.481 e. The van der Waals surface area contributed by atoms with Crippen LogP contribution in [0.15, 0.2) is 24.3 Å². The van der Waals surface area contributed by atoms with Gasteiger partial charge in [0, 0.05) is 19.6 Å². The molecule has 0 aliphatic rings. The number of urea groups is 1. The van der Waals surface area contributed by atoms with Crippen LogP contribution in [0.5, 0.6) is 0 Å². The Morgan fingerprint density at radius 2 is 1.91 bits per heavy atom. The number of rotatable bonds is 9. The monoisotopic (exact) mass is 310 g/mol. The third-order valence-corrected chi connectivity index (χ3v) is 3.22. The summed E-state index contributed by atoms with van der Waals surface area (Å²) in [6.45, 7) is 3.14. The second-order valence-electron chi connectivity index (χ2n) is 5.13. The molecule has 0 fully saturated rings. The number of unbranched alkanes of at least 4 members (excludes halogenated alkanes) is 2. The number of carbonyl (C=O) groups excluding carboxylic acids is 1. The lowest BCUT2D eigenvalue weighted by atomic mass is 10.2. The summed E-state index contributed by atoms with van der Waals surface area (Å²) < 4.78 is 12.9. The van der Waals surface area contributed by atoms with E-state index in [1.807, 2.05) is 0 Å². The van der Waals surface area contributed by atoms with E-state index in [4.69, 9.17) is 5.11 Å². The Labute approximate surface area is 130 Å². The van der Waals surface area contributed by atoms with Crippen molar-refractivity contribution in [3.05, 3.63) is 35.6 Å². The van der Waals surface area contributed by atoms with Crippen molar-refractivity contribution in [2.45, 2.75) is 39.2 Å². The number of benzene rings is 1. The lowest BCUT2D eigenvalue weighted by Gasteiger charge is -2.23. The van der Waals surface area contributed by atoms with Gasteiger partial charge >= 0.3 is 12.0 Å². The third kappa shape index (κ3) is 7.06. The van der Waals surface area contributed by atoms with Gasteiger partial charge in [-0.15, -0.1) is 0 Å². The highest BCUT2D eigenvalue weighted by Crippen LogP contribution is 2.09. The summed E-state index contributed by atoms with van der Waals surface area (Å²) >= 11 is 0. The van der Waals surface area contributed by atoms with E-state index in [1.54, 1.807) is 17.0 Å². The van der Waals surface area contributed by atoms with Crippen LogP contribution in [0.4, 0.5) is 9.18 Å². The van der Waals surface area contributed by atoms with Gasteiger partial charge < -0.3 is 15.3 Å². The maximum Gasteiger partial charge on any atom is 0.317 e. The van der Waals surface area contributed by atoms with Crippen molar-refractivity contribution in [2.75, 3.05) is 13.1 Å². The Morgan fingerprint density at radius 1 is 1.23 bits per heavy atom. The number of nitrogens with zero attached hydrogens (tertiary/aromatic N) is 1. The molecule has 2 amide bonds. The van der Waals surface area contributed by atoms with Crippen LogP contribution in [0.3, 0.4) is 0 Å². The van der Waals surface area contributed by atoms with Gasteiger partial charge in [-0.3, -0.25) is 4.79 Å². The lowest BCUT2D eigenvalue weighted by Crippen LogP contribution is -2.40. The molecule has 0 spiro atoms. The summed E-state index contributed by atoms with van der Waals surface area (Å²) in [6.07, 6.45) is 2.84. The van der Waals surface area contributed by atoms with Crippen LogP contribution in [0, 0.1) is 5.82 Å². The van der Waals surface area contributed by atoms with Crippen molar-refractivity contribution in [3.8, 4) is 0 Å². The van der Waals surface area contributed by atoms with Crippen molar-refractivity contribution in [2.24, 2.45) is 0 Å². The molecule has 5 nitrogen and oxygen atoms in total. The molecule has 6 heteroatoms. The van der Waals surface area contributed by atoms with Crippen LogP contribution in [-0.2, 0) is 11.3 Å². The molecular formula is C16H23FN2O3. The number of carboxylic acid groups (broad SMARTS) is 1. The minimum atomic E-state index is -0.948. The summed E-state index contributed by atoms with van der Waals surface area (Å²) in [4.78, 5) is 24.3. The molecule has 1 rings (SSSR count). The zero-order valence-corrected chi connectivity index (χ0v) is 12.8. The molecule has 1 aromatic carbocycles. The van der Waals surface area contributed by atoms with Gasteiger partial charge in [-0.05, 0) is 24.1 Å². The van der Waals surface area contributed by atoms with Gasteiger partial charge in [-0.2, -0.15) is 0 Å². The molecular weight excluding hydrogens is 287 g/mol. The number of nitrogens with one attached hydrogen (secondary N) is 1. The maximum absolute atomic E-state index is 12.9. The fourth-order valence-electron chi connectivity index (χ4n) is 2.00. The molecule has 0 heterocycles. The van der Waals surface area contributed by atoms with E-state index in [0.717, 1.165) is 24.8 Å². The Balaban J connectivity index is 2.59. The first kappa shape index (κ1) is 17.9. The molecule has 2 N–H and O–H groups in total. The molecule has 0 bridgehead atoms. The molecule has 0 unspecified atom stereocenters. The van der Waals surface area contributed by atoms with Crippen LogP contribution in [-0.4, -0.2) is 35.1 Å². The van der Waals surface area contributed by atoms with Gasteiger partial charge in [-0.1, -0.05) is 31.9 Å². The summed E-state index contributed by atoms with van der Waals surface area (Å²) in [7, 11) is 0. The molecule has 0 saturated heterocycles. The highest BCUT2D eigenvalue weighted by molar-refractivity contribution is 5.75. The first-order valence-corrected chi connectivity index (χ1v) is 7.52. The Kier molecular flexibility index (Phi) is 7.96. The molecule has 0 aromatic heterocycles.